The molecule has 2 aromatic carbocycles. The SMILES string of the molecule is O=S1(=O)OCC(c2ccccc2)N1Cc1ccccc1. The van der Waals surface area contributed by atoms with Gasteiger partial charge in [0, 0.05) is 6.54 Å². The lowest BCUT2D eigenvalue weighted by Gasteiger charge is -2.20. The molecule has 0 N–H and O–H groups in total. The second kappa shape index (κ2) is 5.36. The zero-order valence-corrected chi connectivity index (χ0v) is 11.7. The zero-order chi connectivity index (χ0) is 14.0. The van der Waals surface area contributed by atoms with Crippen molar-refractivity contribution in [2.45, 2.75) is 12.6 Å². The van der Waals surface area contributed by atoms with Gasteiger partial charge in [-0.25, -0.2) is 0 Å². The third kappa shape index (κ3) is 2.60. The van der Waals surface area contributed by atoms with Crippen molar-refractivity contribution in [1.82, 2.24) is 4.31 Å². The first kappa shape index (κ1) is 13.3. The molecule has 0 bridgehead atoms. The predicted octanol–water partition coefficient (Wildman–Crippen LogP) is 2.50. The molecule has 1 aliphatic heterocycles. The number of hydrogen-bond donors (Lipinski definition) is 0. The molecule has 0 radical (unpaired) electrons. The second-order valence-electron chi connectivity index (χ2n) is 4.70. The van der Waals surface area contributed by atoms with Crippen LogP contribution in [0.25, 0.3) is 0 Å². The van der Waals surface area contributed by atoms with Gasteiger partial charge in [0.25, 0.3) is 0 Å². The van der Waals surface area contributed by atoms with E-state index in [9.17, 15) is 8.42 Å². The molecule has 5 heteroatoms. The maximum atomic E-state index is 12.1. The van der Waals surface area contributed by atoms with Gasteiger partial charge in [-0.2, -0.15) is 12.7 Å². The molecule has 0 amide bonds. The molecule has 0 spiro atoms. The molecule has 20 heavy (non-hydrogen) atoms. The highest BCUT2D eigenvalue weighted by atomic mass is 32.2. The van der Waals surface area contributed by atoms with Crippen molar-refractivity contribution in [3.8, 4) is 0 Å². The van der Waals surface area contributed by atoms with Gasteiger partial charge in [-0.3, -0.25) is 4.18 Å². The van der Waals surface area contributed by atoms with Gasteiger partial charge in [0.05, 0.1) is 12.6 Å². The Hall–Kier alpha value is -1.69. The van der Waals surface area contributed by atoms with Crippen molar-refractivity contribution in [3.63, 3.8) is 0 Å². The number of hydrogen-bond acceptors (Lipinski definition) is 3. The van der Waals surface area contributed by atoms with E-state index in [4.69, 9.17) is 4.18 Å². The van der Waals surface area contributed by atoms with Crippen molar-refractivity contribution < 1.29 is 12.6 Å². The van der Waals surface area contributed by atoms with Gasteiger partial charge < -0.3 is 0 Å². The lowest BCUT2D eigenvalue weighted by Crippen LogP contribution is -2.27. The summed E-state index contributed by atoms with van der Waals surface area (Å²) in [6.45, 7) is 0.488. The van der Waals surface area contributed by atoms with Crippen molar-refractivity contribution in [2.24, 2.45) is 0 Å². The van der Waals surface area contributed by atoms with Crippen LogP contribution in [0.2, 0.25) is 0 Å². The smallest absolute Gasteiger partial charge is 0.256 e. The lowest BCUT2D eigenvalue weighted by molar-refractivity contribution is 0.312. The summed E-state index contributed by atoms with van der Waals surface area (Å²) in [6.07, 6.45) is 0. The minimum Gasteiger partial charge on any atom is -0.256 e. The fourth-order valence-corrected chi connectivity index (χ4v) is 3.59. The normalized spacial score (nSPS) is 21.9. The highest BCUT2D eigenvalue weighted by Crippen LogP contribution is 2.32. The van der Waals surface area contributed by atoms with Crippen LogP contribution in [0, 0.1) is 0 Å². The van der Waals surface area contributed by atoms with Crippen molar-refractivity contribution in [3.05, 3.63) is 71.8 Å². The average molecular weight is 289 g/mol. The van der Waals surface area contributed by atoms with E-state index in [1.54, 1.807) is 0 Å². The van der Waals surface area contributed by atoms with E-state index in [-0.39, 0.29) is 12.6 Å². The van der Waals surface area contributed by atoms with Gasteiger partial charge in [0.1, 0.15) is 0 Å². The fourth-order valence-electron chi connectivity index (χ4n) is 2.35. The molecular weight excluding hydrogens is 274 g/mol. The summed E-state index contributed by atoms with van der Waals surface area (Å²) in [6, 6.07) is 18.8. The topological polar surface area (TPSA) is 46.6 Å². The Bertz CT molecular complexity index is 671. The largest absolute Gasteiger partial charge is 0.339 e. The highest BCUT2D eigenvalue weighted by molar-refractivity contribution is 7.84. The van der Waals surface area contributed by atoms with Crippen LogP contribution in [0.1, 0.15) is 17.2 Å². The Balaban J connectivity index is 1.92. The number of nitrogens with zero attached hydrogens (tertiary/aromatic N) is 1. The molecule has 4 nitrogen and oxygen atoms in total. The van der Waals surface area contributed by atoms with E-state index in [1.165, 1.54) is 4.31 Å². The Labute approximate surface area is 118 Å². The van der Waals surface area contributed by atoms with E-state index in [2.05, 4.69) is 0 Å². The molecule has 104 valence electrons. The quantitative estimate of drug-likeness (QED) is 0.872. The fraction of sp³-hybridized carbons (Fsp3) is 0.200. The molecule has 3 rings (SSSR count). The van der Waals surface area contributed by atoms with Crippen LogP contribution in [0.15, 0.2) is 60.7 Å². The first-order chi connectivity index (χ1) is 9.67. The van der Waals surface area contributed by atoms with E-state index in [1.807, 2.05) is 60.7 Å². The Morgan fingerprint density at radius 1 is 1.00 bits per heavy atom. The Kier molecular flexibility index (Phi) is 3.56. The van der Waals surface area contributed by atoms with Crippen LogP contribution in [0.5, 0.6) is 0 Å². The van der Waals surface area contributed by atoms with E-state index in [0.717, 1.165) is 11.1 Å². The van der Waals surface area contributed by atoms with Crippen LogP contribution >= 0.6 is 0 Å². The zero-order valence-electron chi connectivity index (χ0n) is 10.8. The van der Waals surface area contributed by atoms with Gasteiger partial charge in [-0.05, 0) is 11.1 Å². The molecule has 1 fully saturated rings. The number of benzene rings is 2. The third-order valence-corrected chi connectivity index (χ3v) is 4.77. The lowest BCUT2D eigenvalue weighted by atomic mass is 10.1. The molecule has 0 aliphatic carbocycles. The summed E-state index contributed by atoms with van der Waals surface area (Å²) >= 11 is 0. The molecular formula is C15H15NO3S. The van der Waals surface area contributed by atoms with Crippen LogP contribution in [0.3, 0.4) is 0 Å². The first-order valence-electron chi connectivity index (χ1n) is 6.42. The summed E-state index contributed by atoms with van der Waals surface area (Å²) in [4.78, 5) is 0. The molecule has 2 aromatic rings. The van der Waals surface area contributed by atoms with Crippen molar-refractivity contribution in [1.29, 1.82) is 0 Å². The Morgan fingerprint density at radius 2 is 1.60 bits per heavy atom. The van der Waals surface area contributed by atoms with Crippen molar-refractivity contribution in [2.75, 3.05) is 6.61 Å². The predicted molar refractivity (Wildman–Crippen MR) is 76.0 cm³/mol. The van der Waals surface area contributed by atoms with Crippen LogP contribution in [-0.4, -0.2) is 19.3 Å². The standard InChI is InChI=1S/C15H15NO3S/c17-20(18)16(11-13-7-3-1-4-8-13)15(12-19-20)14-9-5-2-6-10-14/h1-10,15H,11-12H2. The number of rotatable bonds is 3. The maximum absolute atomic E-state index is 12.1. The minimum absolute atomic E-state index is 0.166. The van der Waals surface area contributed by atoms with Crippen LogP contribution in [-0.2, 0) is 21.0 Å². The Morgan fingerprint density at radius 3 is 2.25 bits per heavy atom. The van der Waals surface area contributed by atoms with Gasteiger partial charge in [-0.15, -0.1) is 0 Å². The maximum Gasteiger partial charge on any atom is 0.339 e. The summed E-state index contributed by atoms with van der Waals surface area (Å²) in [7, 11) is -3.65. The van der Waals surface area contributed by atoms with Crippen LogP contribution < -0.4 is 0 Å². The molecule has 0 saturated carbocycles. The first-order valence-corrected chi connectivity index (χ1v) is 7.78. The third-order valence-electron chi connectivity index (χ3n) is 3.38. The molecule has 0 aromatic heterocycles. The second-order valence-corrected chi connectivity index (χ2v) is 6.26. The monoisotopic (exact) mass is 289 g/mol. The summed E-state index contributed by atoms with van der Waals surface area (Å²) in [5, 5.41) is 0. The average Bonchev–Trinajstić information content (AvgIpc) is 2.77. The van der Waals surface area contributed by atoms with Crippen LogP contribution in [0.4, 0.5) is 0 Å². The van der Waals surface area contributed by atoms with E-state index >= 15 is 0 Å². The van der Waals surface area contributed by atoms with Gasteiger partial charge >= 0.3 is 10.3 Å². The molecule has 1 aliphatic rings. The summed E-state index contributed by atoms with van der Waals surface area (Å²) in [5.74, 6) is 0. The highest BCUT2D eigenvalue weighted by Gasteiger charge is 2.39. The molecule has 1 heterocycles. The van der Waals surface area contributed by atoms with E-state index < -0.39 is 10.3 Å². The summed E-state index contributed by atoms with van der Waals surface area (Å²) in [5.41, 5.74) is 1.90. The summed E-state index contributed by atoms with van der Waals surface area (Å²) < 4.78 is 30.5. The van der Waals surface area contributed by atoms with Crippen molar-refractivity contribution >= 4 is 10.3 Å². The molecule has 1 atom stereocenters. The van der Waals surface area contributed by atoms with E-state index in [0.29, 0.717) is 6.54 Å². The van der Waals surface area contributed by atoms with Gasteiger partial charge in [0.2, 0.25) is 0 Å². The molecule has 1 saturated heterocycles. The molecule has 1 unspecified atom stereocenters. The van der Waals surface area contributed by atoms with Gasteiger partial charge in [-0.1, -0.05) is 60.7 Å². The van der Waals surface area contributed by atoms with Gasteiger partial charge in [0.15, 0.2) is 0 Å². The minimum atomic E-state index is -3.65.